The Morgan fingerprint density at radius 3 is 2.61 bits per heavy atom. The number of hydrogen-bond acceptors (Lipinski definition) is 7. The quantitative estimate of drug-likeness (QED) is 0.366. The molecule has 1 saturated heterocycles. The zero-order valence-electron chi connectivity index (χ0n) is 22.8. The van der Waals surface area contributed by atoms with Crippen LogP contribution in [0, 0.1) is 26.6 Å². The highest BCUT2D eigenvalue weighted by atomic mass is 32.2. The lowest BCUT2D eigenvalue weighted by Gasteiger charge is -2.41. The van der Waals surface area contributed by atoms with E-state index in [9.17, 15) is 22.7 Å². The van der Waals surface area contributed by atoms with Crippen LogP contribution >= 0.6 is 0 Å². The van der Waals surface area contributed by atoms with Crippen LogP contribution in [-0.2, 0) is 26.1 Å². The molecule has 1 fully saturated rings. The van der Waals surface area contributed by atoms with Gasteiger partial charge in [0.2, 0.25) is 10.0 Å². The van der Waals surface area contributed by atoms with Gasteiger partial charge in [0.25, 0.3) is 0 Å². The van der Waals surface area contributed by atoms with Gasteiger partial charge in [0.15, 0.2) is 11.2 Å². The molecule has 1 N–H and O–H groups in total. The Morgan fingerprint density at radius 1 is 1.12 bits per heavy atom. The number of benzene rings is 2. The largest absolute Gasteiger partial charge is 0.481 e. The Hall–Kier alpha value is -3.87. The molecule has 1 spiro atoms. The highest BCUT2D eigenvalue weighted by Gasteiger charge is 2.49. The first-order valence-electron chi connectivity index (χ1n) is 13.2. The lowest BCUT2D eigenvalue weighted by molar-refractivity contribution is -0.165. The summed E-state index contributed by atoms with van der Waals surface area (Å²) in [6, 6.07) is 11.0. The molecule has 2 aliphatic heterocycles. The molecule has 4 heterocycles. The van der Waals surface area contributed by atoms with Gasteiger partial charge in [0, 0.05) is 18.7 Å². The van der Waals surface area contributed by atoms with Crippen LogP contribution in [0.5, 0.6) is 5.75 Å². The summed E-state index contributed by atoms with van der Waals surface area (Å²) >= 11 is 0. The van der Waals surface area contributed by atoms with E-state index in [0.29, 0.717) is 11.2 Å². The van der Waals surface area contributed by atoms with Crippen molar-refractivity contribution in [3.63, 3.8) is 0 Å². The number of sulfonamides is 1. The van der Waals surface area contributed by atoms with Crippen molar-refractivity contribution in [3.05, 3.63) is 88.1 Å². The van der Waals surface area contributed by atoms with Gasteiger partial charge in [-0.3, -0.25) is 9.20 Å². The first kappa shape index (κ1) is 27.3. The van der Waals surface area contributed by atoms with E-state index in [-0.39, 0.29) is 43.4 Å². The summed E-state index contributed by atoms with van der Waals surface area (Å²) in [6.45, 7) is 6.04. The number of pyridine rings is 1. The van der Waals surface area contributed by atoms with Gasteiger partial charge in [-0.2, -0.15) is 4.31 Å². The van der Waals surface area contributed by atoms with E-state index in [1.165, 1.54) is 16.4 Å². The molecular weight excluding hydrogens is 551 g/mol. The minimum atomic E-state index is -4.14. The number of ether oxygens (including phenoxy) is 2. The number of halogens is 1. The fourth-order valence-electron chi connectivity index (χ4n) is 5.64. The van der Waals surface area contributed by atoms with Crippen LogP contribution in [0.25, 0.3) is 5.65 Å². The van der Waals surface area contributed by atoms with E-state index in [1.54, 1.807) is 0 Å². The Bertz CT molecular complexity index is 1800. The first-order chi connectivity index (χ1) is 19.5. The second kappa shape index (κ2) is 9.89. The van der Waals surface area contributed by atoms with Crippen LogP contribution in [0.3, 0.4) is 0 Å². The summed E-state index contributed by atoms with van der Waals surface area (Å²) in [5, 5.41) is 18.2. The Kier molecular flexibility index (Phi) is 6.59. The fraction of sp³-hybridized carbons (Fsp3) is 0.345. The molecule has 0 aliphatic carbocycles. The highest BCUT2D eigenvalue weighted by Crippen LogP contribution is 2.39. The summed E-state index contributed by atoms with van der Waals surface area (Å²) in [6.07, 6.45) is 1.66. The van der Waals surface area contributed by atoms with Gasteiger partial charge in [-0.15, -0.1) is 10.2 Å². The molecular formula is C29H29FN4O6S. The topological polar surface area (TPSA) is 123 Å². The van der Waals surface area contributed by atoms with Gasteiger partial charge in [0.05, 0.1) is 26.2 Å². The molecule has 0 saturated carbocycles. The SMILES string of the molecule is Cc1ccc([C@H](CC(=O)O)c2ccn3c(C)nnc3c2C)cc1CN1CC2(COC2)Oc2ccc(F)cc2S1(=O)=O. The van der Waals surface area contributed by atoms with Crippen molar-refractivity contribution in [1.82, 2.24) is 18.9 Å². The molecule has 0 unspecified atom stereocenters. The van der Waals surface area contributed by atoms with E-state index in [1.807, 2.05) is 55.6 Å². The van der Waals surface area contributed by atoms with E-state index < -0.39 is 33.3 Å². The van der Waals surface area contributed by atoms with E-state index in [2.05, 4.69) is 10.2 Å². The van der Waals surface area contributed by atoms with Gasteiger partial charge < -0.3 is 14.6 Å². The van der Waals surface area contributed by atoms with Crippen molar-refractivity contribution in [2.24, 2.45) is 0 Å². The lowest BCUT2D eigenvalue weighted by atomic mass is 9.85. The molecule has 41 heavy (non-hydrogen) atoms. The minimum absolute atomic E-state index is 0.00967. The Labute approximate surface area is 236 Å². The second-order valence-corrected chi connectivity index (χ2v) is 12.7. The van der Waals surface area contributed by atoms with E-state index in [4.69, 9.17) is 9.47 Å². The smallest absolute Gasteiger partial charge is 0.304 e. The Balaban J connectivity index is 1.41. The third-order valence-electron chi connectivity index (χ3n) is 7.96. The number of carbonyl (C=O) groups is 1. The molecule has 0 radical (unpaired) electrons. The third kappa shape index (κ3) is 4.75. The number of nitrogens with zero attached hydrogens (tertiary/aromatic N) is 4. The van der Waals surface area contributed by atoms with Gasteiger partial charge >= 0.3 is 5.97 Å². The summed E-state index contributed by atoms with van der Waals surface area (Å²) in [5.74, 6) is -1.34. The summed E-state index contributed by atoms with van der Waals surface area (Å²) in [4.78, 5) is 11.8. The predicted octanol–water partition coefficient (Wildman–Crippen LogP) is 3.75. The number of hydrogen-bond donors (Lipinski definition) is 1. The molecule has 10 nitrogen and oxygen atoms in total. The average Bonchev–Trinajstić information content (AvgIpc) is 3.24. The molecule has 0 amide bonds. The summed E-state index contributed by atoms with van der Waals surface area (Å²) < 4.78 is 56.5. The number of aliphatic carboxylic acids is 1. The molecule has 2 aromatic heterocycles. The van der Waals surface area contributed by atoms with Crippen molar-refractivity contribution in [1.29, 1.82) is 0 Å². The molecule has 2 aromatic carbocycles. The number of aryl methyl sites for hydroxylation is 3. The van der Waals surface area contributed by atoms with Gasteiger partial charge in [0.1, 0.15) is 22.3 Å². The lowest BCUT2D eigenvalue weighted by Crippen LogP contribution is -2.60. The third-order valence-corrected chi connectivity index (χ3v) is 9.77. The zero-order chi connectivity index (χ0) is 29.1. The van der Waals surface area contributed by atoms with Crippen LogP contribution in [0.1, 0.15) is 46.0 Å². The van der Waals surface area contributed by atoms with Crippen molar-refractivity contribution < 1.29 is 32.2 Å². The van der Waals surface area contributed by atoms with E-state index >= 15 is 0 Å². The number of carboxylic acid groups (broad SMARTS) is 1. The molecule has 12 heteroatoms. The second-order valence-electron chi connectivity index (χ2n) is 10.8. The van der Waals surface area contributed by atoms with E-state index in [0.717, 1.165) is 34.1 Å². The van der Waals surface area contributed by atoms with Gasteiger partial charge in [-0.05, 0) is 72.9 Å². The minimum Gasteiger partial charge on any atom is -0.481 e. The molecule has 4 aromatic rings. The van der Waals surface area contributed by atoms with Crippen LogP contribution in [-0.4, -0.2) is 63.8 Å². The maximum absolute atomic E-state index is 14.2. The molecule has 2 aliphatic rings. The molecule has 0 bridgehead atoms. The molecule has 214 valence electrons. The Morgan fingerprint density at radius 2 is 1.90 bits per heavy atom. The van der Waals surface area contributed by atoms with Crippen molar-refractivity contribution in [2.75, 3.05) is 19.8 Å². The van der Waals surface area contributed by atoms with Gasteiger partial charge in [-0.25, -0.2) is 12.8 Å². The fourth-order valence-corrected chi connectivity index (χ4v) is 7.26. The summed E-state index contributed by atoms with van der Waals surface area (Å²) in [5.41, 5.74) is 3.66. The molecule has 1 atom stereocenters. The maximum Gasteiger partial charge on any atom is 0.304 e. The molecule has 6 rings (SSSR count). The monoisotopic (exact) mass is 580 g/mol. The van der Waals surface area contributed by atoms with Crippen molar-refractivity contribution in [2.45, 2.75) is 50.2 Å². The maximum atomic E-state index is 14.2. The number of fused-ring (bicyclic) bond motifs is 2. The first-order valence-corrected chi connectivity index (χ1v) is 14.6. The highest BCUT2D eigenvalue weighted by molar-refractivity contribution is 7.89. The van der Waals surface area contributed by atoms with Crippen LogP contribution in [0.4, 0.5) is 4.39 Å². The standard InChI is InChI=1S/C29H29FN4O6S/c1-17-4-5-20(24(12-27(35)36)23-8-9-34-19(3)31-32-28(34)18(23)2)10-21(17)13-33-14-29(15-39-16-29)40-25-7-6-22(30)11-26(25)41(33,37)38/h4-11,24H,12-16H2,1-3H3,(H,35,36)/t24-/m0/s1. The van der Waals surface area contributed by atoms with Crippen molar-refractivity contribution >= 4 is 21.6 Å². The van der Waals surface area contributed by atoms with Crippen LogP contribution in [0.15, 0.2) is 53.6 Å². The normalized spacial score (nSPS) is 18.3. The number of rotatable bonds is 6. The summed E-state index contributed by atoms with van der Waals surface area (Å²) in [7, 11) is -4.14. The van der Waals surface area contributed by atoms with Gasteiger partial charge in [-0.1, -0.05) is 18.2 Å². The predicted molar refractivity (Wildman–Crippen MR) is 146 cm³/mol. The van der Waals surface area contributed by atoms with Crippen LogP contribution in [0.2, 0.25) is 0 Å². The van der Waals surface area contributed by atoms with Crippen molar-refractivity contribution in [3.8, 4) is 5.75 Å². The number of carboxylic acids is 1. The zero-order valence-corrected chi connectivity index (χ0v) is 23.6. The number of aromatic nitrogens is 3. The average molecular weight is 581 g/mol. The van der Waals surface area contributed by atoms with Crippen LogP contribution < -0.4 is 4.74 Å².